The number of nitrogens with zero attached hydrogens (tertiary/aromatic N) is 1. The van der Waals surface area contributed by atoms with Crippen molar-refractivity contribution in [3.05, 3.63) is 54.5 Å². The normalized spacial score (nSPS) is 10.8. The predicted molar refractivity (Wildman–Crippen MR) is 62.2 cm³/mol. The molecular weight excluding hydrogens is 202 g/mol. The molecule has 3 heteroatoms. The van der Waals surface area contributed by atoms with Gasteiger partial charge in [0.05, 0.1) is 12.0 Å². The fourth-order valence-corrected chi connectivity index (χ4v) is 1.29. The molecule has 0 aliphatic heterocycles. The van der Waals surface area contributed by atoms with Gasteiger partial charge >= 0.3 is 0 Å². The Hall–Kier alpha value is -2.16. The van der Waals surface area contributed by atoms with E-state index in [0.717, 1.165) is 5.69 Å². The number of carbonyl (C=O) groups excluding carboxylic acids is 1. The molecule has 0 saturated carbocycles. The van der Waals surface area contributed by atoms with E-state index in [0.29, 0.717) is 5.76 Å². The molecule has 3 nitrogen and oxygen atoms in total. The molecule has 0 N–H and O–H groups in total. The summed E-state index contributed by atoms with van der Waals surface area (Å²) < 4.78 is 4.99. The molecule has 0 aliphatic rings. The van der Waals surface area contributed by atoms with Gasteiger partial charge in [0, 0.05) is 12.6 Å². The van der Waals surface area contributed by atoms with Gasteiger partial charge in [0.25, 0.3) is 0 Å². The fraction of sp³-hybridized carbons (Fsp3) is 0.0769. The second kappa shape index (κ2) is 5.07. The number of benzene rings is 1. The summed E-state index contributed by atoms with van der Waals surface area (Å²) in [5.41, 5.74) is 0.842. The van der Waals surface area contributed by atoms with E-state index in [9.17, 15) is 4.79 Å². The van der Waals surface area contributed by atoms with E-state index in [1.807, 2.05) is 30.3 Å². The van der Waals surface area contributed by atoms with Crippen molar-refractivity contribution in [3.63, 3.8) is 0 Å². The molecular formula is C13H11NO2. The molecule has 0 radical (unpaired) electrons. The van der Waals surface area contributed by atoms with E-state index in [2.05, 4.69) is 4.99 Å². The van der Waals surface area contributed by atoms with Gasteiger partial charge in [0.2, 0.25) is 5.78 Å². The van der Waals surface area contributed by atoms with Gasteiger partial charge in [0.1, 0.15) is 0 Å². The number of Topliss-reactive ketones (excluding diaryl/α,β-unsaturated/α-hetero) is 1. The van der Waals surface area contributed by atoms with Crippen LogP contribution in [-0.2, 0) is 0 Å². The zero-order valence-corrected chi connectivity index (χ0v) is 8.67. The Morgan fingerprint density at radius 1 is 1.19 bits per heavy atom. The third-order valence-electron chi connectivity index (χ3n) is 2.07. The summed E-state index contributed by atoms with van der Waals surface area (Å²) in [7, 11) is 0. The number of furan rings is 1. The van der Waals surface area contributed by atoms with Gasteiger partial charge in [0.15, 0.2) is 5.76 Å². The van der Waals surface area contributed by atoms with Crippen LogP contribution in [0.4, 0.5) is 5.69 Å². The van der Waals surface area contributed by atoms with Gasteiger partial charge in [-0.3, -0.25) is 9.79 Å². The SMILES string of the molecule is O=C(CC=Nc1ccccc1)c1ccco1. The van der Waals surface area contributed by atoms with Crippen LogP contribution in [0, 0.1) is 0 Å². The van der Waals surface area contributed by atoms with Crippen LogP contribution in [0.3, 0.4) is 0 Å². The van der Waals surface area contributed by atoms with E-state index in [1.54, 1.807) is 18.3 Å². The molecule has 0 atom stereocenters. The van der Waals surface area contributed by atoms with Crippen LogP contribution in [0.25, 0.3) is 0 Å². The van der Waals surface area contributed by atoms with Gasteiger partial charge in [-0.1, -0.05) is 18.2 Å². The summed E-state index contributed by atoms with van der Waals surface area (Å²) in [6, 6.07) is 12.8. The number of aliphatic imine (C=N–C) groups is 1. The van der Waals surface area contributed by atoms with E-state index in [1.165, 1.54) is 6.26 Å². The lowest BCUT2D eigenvalue weighted by atomic mass is 10.2. The lowest BCUT2D eigenvalue weighted by molar-refractivity contribution is 0.0975. The molecule has 0 aliphatic carbocycles. The highest BCUT2D eigenvalue weighted by atomic mass is 16.3. The molecule has 0 fully saturated rings. The number of para-hydroxylation sites is 1. The third-order valence-corrected chi connectivity index (χ3v) is 2.07. The maximum atomic E-state index is 11.5. The molecule has 1 heterocycles. The first kappa shape index (κ1) is 10.4. The van der Waals surface area contributed by atoms with Gasteiger partial charge in [-0.05, 0) is 24.3 Å². The molecule has 0 unspecified atom stereocenters. The summed E-state index contributed by atoms with van der Waals surface area (Å²) in [4.78, 5) is 15.7. The van der Waals surface area contributed by atoms with E-state index < -0.39 is 0 Å². The quantitative estimate of drug-likeness (QED) is 0.578. The Bertz CT molecular complexity index is 472. The number of carbonyl (C=O) groups is 1. The van der Waals surface area contributed by atoms with Crippen LogP contribution < -0.4 is 0 Å². The van der Waals surface area contributed by atoms with E-state index in [-0.39, 0.29) is 12.2 Å². The minimum Gasteiger partial charge on any atom is -0.461 e. The molecule has 0 bridgehead atoms. The zero-order valence-electron chi connectivity index (χ0n) is 8.67. The zero-order chi connectivity index (χ0) is 11.2. The largest absolute Gasteiger partial charge is 0.461 e. The van der Waals surface area contributed by atoms with Gasteiger partial charge in [-0.2, -0.15) is 0 Å². The van der Waals surface area contributed by atoms with Crippen molar-refractivity contribution < 1.29 is 9.21 Å². The maximum absolute atomic E-state index is 11.5. The first-order valence-corrected chi connectivity index (χ1v) is 5.00. The van der Waals surface area contributed by atoms with Crippen LogP contribution in [-0.4, -0.2) is 12.0 Å². The molecule has 2 aromatic rings. The molecule has 16 heavy (non-hydrogen) atoms. The molecule has 1 aromatic heterocycles. The molecule has 0 spiro atoms. The summed E-state index contributed by atoms with van der Waals surface area (Å²) in [5.74, 6) is 0.309. The maximum Gasteiger partial charge on any atom is 0.203 e. The Morgan fingerprint density at radius 3 is 2.69 bits per heavy atom. The molecule has 0 amide bonds. The van der Waals surface area contributed by atoms with E-state index in [4.69, 9.17) is 4.42 Å². The van der Waals surface area contributed by atoms with Crippen molar-refractivity contribution in [1.29, 1.82) is 0 Å². The van der Waals surface area contributed by atoms with Gasteiger partial charge in [-0.25, -0.2) is 0 Å². The first-order chi connectivity index (χ1) is 7.86. The Morgan fingerprint density at radius 2 is 2.00 bits per heavy atom. The van der Waals surface area contributed by atoms with Crippen molar-refractivity contribution in [3.8, 4) is 0 Å². The van der Waals surface area contributed by atoms with Crippen LogP contribution >= 0.6 is 0 Å². The van der Waals surface area contributed by atoms with Gasteiger partial charge in [-0.15, -0.1) is 0 Å². The third kappa shape index (κ3) is 2.67. The van der Waals surface area contributed by atoms with E-state index >= 15 is 0 Å². The molecule has 1 aromatic carbocycles. The average Bonchev–Trinajstić information content (AvgIpc) is 2.84. The van der Waals surface area contributed by atoms with Crippen LogP contribution in [0.2, 0.25) is 0 Å². The summed E-state index contributed by atoms with van der Waals surface area (Å²) in [6.45, 7) is 0. The Kier molecular flexibility index (Phi) is 3.28. The first-order valence-electron chi connectivity index (χ1n) is 5.00. The second-order valence-corrected chi connectivity index (χ2v) is 3.25. The number of hydrogen-bond donors (Lipinski definition) is 0. The monoisotopic (exact) mass is 213 g/mol. The van der Waals surface area contributed by atoms with Crippen LogP contribution in [0.15, 0.2) is 58.1 Å². The van der Waals surface area contributed by atoms with Crippen molar-refractivity contribution in [2.75, 3.05) is 0 Å². The summed E-state index contributed by atoms with van der Waals surface area (Å²) in [6.07, 6.45) is 3.34. The van der Waals surface area contributed by atoms with Crippen molar-refractivity contribution >= 4 is 17.7 Å². The van der Waals surface area contributed by atoms with Crippen molar-refractivity contribution in [2.24, 2.45) is 4.99 Å². The van der Waals surface area contributed by atoms with Crippen molar-refractivity contribution in [2.45, 2.75) is 6.42 Å². The minimum absolute atomic E-state index is 0.0651. The van der Waals surface area contributed by atoms with Crippen LogP contribution in [0.1, 0.15) is 17.0 Å². The topological polar surface area (TPSA) is 42.6 Å². The number of rotatable bonds is 4. The lowest BCUT2D eigenvalue weighted by Crippen LogP contribution is -1.96. The van der Waals surface area contributed by atoms with Crippen molar-refractivity contribution in [1.82, 2.24) is 0 Å². The second-order valence-electron chi connectivity index (χ2n) is 3.25. The number of ketones is 1. The highest BCUT2D eigenvalue weighted by Crippen LogP contribution is 2.09. The molecule has 2 rings (SSSR count). The smallest absolute Gasteiger partial charge is 0.203 e. The number of hydrogen-bond acceptors (Lipinski definition) is 3. The molecule has 0 saturated heterocycles. The standard InChI is InChI=1S/C13H11NO2/c15-12(13-7-4-10-16-13)8-9-14-11-5-2-1-3-6-11/h1-7,9-10H,8H2. The highest BCUT2D eigenvalue weighted by molar-refractivity contribution is 6.01. The van der Waals surface area contributed by atoms with Crippen LogP contribution in [0.5, 0.6) is 0 Å². The lowest BCUT2D eigenvalue weighted by Gasteiger charge is -1.92. The Balaban J connectivity index is 1.93. The molecule has 80 valence electrons. The fourth-order valence-electron chi connectivity index (χ4n) is 1.29. The van der Waals surface area contributed by atoms with Gasteiger partial charge < -0.3 is 4.42 Å². The minimum atomic E-state index is -0.0651. The Labute approximate surface area is 93.4 Å². The summed E-state index contributed by atoms with van der Waals surface area (Å²) >= 11 is 0. The average molecular weight is 213 g/mol. The highest BCUT2D eigenvalue weighted by Gasteiger charge is 2.05. The summed E-state index contributed by atoms with van der Waals surface area (Å²) in [5, 5.41) is 0. The predicted octanol–water partition coefficient (Wildman–Crippen LogP) is 3.25.